The van der Waals surface area contributed by atoms with Crippen molar-refractivity contribution in [3.63, 3.8) is 0 Å². The lowest BCUT2D eigenvalue weighted by molar-refractivity contribution is -0.139. The van der Waals surface area contributed by atoms with Crippen molar-refractivity contribution >= 4 is 29.3 Å². The van der Waals surface area contributed by atoms with Gasteiger partial charge in [0.1, 0.15) is 0 Å². The molecule has 5 nitrogen and oxygen atoms in total. The number of hydrogen-bond acceptors (Lipinski definition) is 5. The van der Waals surface area contributed by atoms with Crippen molar-refractivity contribution in [2.45, 2.75) is 12.7 Å². The van der Waals surface area contributed by atoms with Gasteiger partial charge in [-0.2, -0.15) is 0 Å². The average molecular weight is 268 g/mol. The third-order valence-corrected chi connectivity index (χ3v) is 3.17. The summed E-state index contributed by atoms with van der Waals surface area (Å²) in [7, 11) is 0. The Morgan fingerprint density at radius 3 is 2.67 bits per heavy atom. The molecule has 0 aliphatic carbocycles. The molecule has 0 saturated carbocycles. The molecule has 0 heterocycles. The lowest BCUT2D eigenvalue weighted by Gasteiger charge is -2.06. The maximum Gasteiger partial charge on any atom is 0.315 e. The Bertz CT molecular complexity index is 449. The van der Waals surface area contributed by atoms with Crippen LogP contribution in [0, 0.1) is 0 Å². The van der Waals surface area contributed by atoms with Gasteiger partial charge >= 0.3 is 5.97 Å². The van der Waals surface area contributed by atoms with Crippen molar-refractivity contribution in [3.05, 3.63) is 29.3 Å². The van der Waals surface area contributed by atoms with Crippen molar-refractivity contribution < 1.29 is 14.3 Å². The summed E-state index contributed by atoms with van der Waals surface area (Å²) in [5.41, 5.74) is 12.7. The van der Waals surface area contributed by atoms with Crippen molar-refractivity contribution in [1.82, 2.24) is 0 Å². The van der Waals surface area contributed by atoms with Crippen LogP contribution in [0.1, 0.15) is 22.8 Å². The van der Waals surface area contributed by atoms with Crippen LogP contribution in [0.4, 0.5) is 5.69 Å². The molecule has 0 spiro atoms. The first-order valence-corrected chi connectivity index (χ1v) is 6.61. The second-order valence-electron chi connectivity index (χ2n) is 3.58. The number of esters is 1. The number of nitrogens with two attached hydrogens (primary N) is 2. The standard InChI is InChI=1S/C12H16N2O3S/c1-2-17-11(15)7-18-6-9-4-3-8(12(14)16)5-10(9)13/h3-5H,2,6-7,13H2,1H3,(H2,14,16). The Morgan fingerprint density at radius 2 is 2.11 bits per heavy atom. The van der Waals surface area contributed by atoms with Gasteiger partial charge in [-0.25, -0.2) is 0 Å². The Labute approximate surface area is 110 Å². The average Bonchev–Trinajstić information content (AvgIpc) is 2.31. The maximum atomic E-state index is 11.1. The summed E-state index contributed by atoms with van der Waals surface area (Å²) in [6.45, 7) is 2.15. The summed E-state index contributed by atoms with van der Waals surface area (Å²) in [6.07, 6.45) is 0. The fourth-order valence-corrected chi connectivity index (χ4v) is 2.16. The number of primary amides is 1. The number of nitrogen functional groups attached to an aromatic ring is 1. The monoisotopic (exact) mass is 268 g/mol. The van der Waals surface area contributed by atoms with Gasteiger partial charge in [0.15, 0.2) is 0 Å². The fourth-order valence-electron chi connectivity index (χ4n) is 1.33. The second-order valence-corrected chi connectivity index (χ2v) is 4.56. The predicted octanol–water partition coefficient (Wildman–Crippen LogP) is 1.16. The summed E-state index contributed by atoms with van der Waals surface area (Å²) in [5.74, 6) is 0.122. The highest BCUT2D eigenvalue weighted by molar-refractivity contribution is 7.99. The highest BCUT2D eigenvalue weighted by Gasteiger charge is 2.07. The van der Waals surface area contributed by atoms with Gasteiger partial charge in [0.2, 0.25) is 5.91 Å². The van der Waals surface area contributed by atoms with Gasteiger partial charge in [-0.3, -0.25) is 9.59 Å². The number of benzene rings is 1. The van der Waals surface area contributed by atoms with E-state index in [-0.39, 0.29) is 11.7 Å². The van der Waals surface area contributed by atoms with E-state index in [0.717, 1.165) is 5.56 Å². The normalized spacial score (nSPS) is 10.1. The zero-order valence-corrected chi connectivity index (χ0v) is 11.0. The molecule has 0 fully saturated rings. The van der Waals surface area contributed by atoms with Crippen molar-refractivity contribution in [1.29, 1.82) is 0 Å². The van der Waals surface area contributed by atoms with E-state index in [1.807, 2.05) is 0 Å². The predicted molar refractivity (Wildman–Crippen MR) is 72.2 cm³/mol. The molecule has 0 aliphatic heterocycles. The van der Waals surface area contributed by atoms with Gasteiger partial charge in [0.25, 0.3) is 0 Å². The van der Waals surface area contributed by atoms with E-state index in [1.165, 1.54) is 11.8 Å². The largest absolute Gasteiger partial charge is 0.465 e. The lowest BCUT2D eigenvalue weighted by Crippen LogP contribution is -2.11. The maximum absolute atomic E-state index is 11.1. The van der Waals surface area contributed by atoms with Crippen molar-refractivity contribution in [2.75, 3.05) is 18.1 Å². The number of rotatable bonds is 6. The van der Waals surface area contributed by atoms with Crippen molar-refractivity contribution in [3.8, 4) is 0 Å². The summed E-state index contributed by atoms with van der Waals surface area (Å²) in [4.78, 5) is 22.1. The van der Waals surface area contributed by atoms with Crippen LogP contribution >= 0.6 is 11.8 Å². The first-order valence-electron chi connectivity index (χ1n) is 5.46. The number of carbonyl (C=O) groups is 2. The molecule has 0 atom stereocenters. The Morgan fingerprint density at radius 1 is 1.39 bits per heavy atom. The Kier molecular flexibility index (Phi) is 5.51. The molecule has 18 heavy (non-hydrogen) atoms. The zero-order valence-electron chi connectivity index (χ0n) is 10.1. The molecule has 0 saturated heterocycles. The molecule has 0 aromatic heterocycles. The van der Waals surface area contributed by atoms with E-state index in [0.29, 0.717) is 23.6 Å². The number of hydrogen-bond donors (Lipinski definition) is 2. The second kappa shape index (κ2) is 6.90. The summed E-state index contributed by atoms with van der Waals surface area (Å²) in [5, 5.41) is 0. The van der Waals surface area contributed by atoms with Crippen LogP contribution in [-0.2, 0) is 15.3 Å². The smallest absolute Gasteiger partial charge is 0.315 e. The number of amides is 1. The first kappa shape index (κ1) is 14.4. The third kappa shape index (κ3) is 4.29. The molecular formula is C12H16N2O3S. The SMILES string of the molecule is CCOC(=O)CSCc1ccc(C(N)=O)cc1N. The zero-order chi connectivity index (χ0) is 13.5. The molecule has 1 aromatic rings. The number of carbonyl (C=O) groups excluding carboxylic acids is 2. The van der Waals surface area contributed by atoms with Crippen LogP contribution in [0.2, 0.25) is 0 Å². The minimum absolute atomic E-state index is 0.241. The van der Waals surface area contributed by atoms with E-state index < -0.39 is 5.91 Å². The van der Waals surface area contributed by atoms with E-state index in [9.17, 15) is 9.59 Å². The molecular weight excluding hydrogens is 252 g/mol. The number of thioether (sulfide) groups is 1. The van der Waals surface area contributed by atoms with Crippen LogP contribution in [0.25, 0.3) is 0 Å². The van der Waals surface area contributed by atoms with E-state index >= 15 is 0 Å². The van der Waals surface area contributed by atoms with Crippen LogP contribution in [0.5, 0.6) is 0 Å². The van der Waals surface area contributed by atoms with Crippen molar-refractivity contribution in [2.24, 2.45) is 5.73 Å². The Balaban J connectivity index is 2.53. The summed E-state index contributed by atoms with van der Waals surface area (Å²) in [6, 6.07) is 4.91. The van der Waals surface area contributed by atoms with Gasteiger partial charge in [-0.05, 0) is 24.6 Å². The number of anilines is 1. The minimum Gasteiger partial charge on any atom is -0.465 e. The molecule has 98 valence electrons. The van der Waals surface area contributed by atoms with Crippen LogP contribution < -0.4 is 11.5 Å². The molecule has 1 aromatic carbocycles. The van der Waals surface area contributed by atoms with Crippen LogP contribution in [0.15, 0.2) is 18.2 Å². The van der Waals surface area contributed by atoms with E-state index in [2.05, 4.69) is 0 Å². The topological polar surface area (TPSA) is 95.4 Å². The number of ether oxygens (including phenoxy) is 1. The van der Waals surface area contributed by atoms with Gasteiger partial charge in [-0.1, -0.05) is 6.07 Å². The molecule has 0 unspecified atom stereocenters. The van der Waals surface area contributed by atoms with Gasteiger partial charge in [-0.15, -0.1) is 11.8 Å². The molecule has 4 N–H and O–H groups in total. The molecule has 0 aliphatic rings. The van der Waals surface area contributed by atoms with Gasteiger partial charge < -0.3 is 16.2 Å². The Hall–Kier alpha value is -1.69. The van der Waals surface area contributed by atoms with Gasteiger partial charge in [0, 0.05) is 17.0 Å². The lowest BCUT2D eigenvalue weighted by atomic mass is 10.1. The third-order valence-electron chi connectivity index (χ3n) is 2.21. The summed E-state index contributed by atoms with van der Waals surface area (Å²) < 4.78 is 4.81. The highest BCUT2D eigenvalue weighted by atomic mass is 32.2. The first-order chi connectivity index (χ1) is 8.54. The quantitative estimate of drug-likeness (QED) is 0.596. The highest BCUT2D eigenvalue weighted by Crippen LogP contribution is 2.20. The molecule has 0 radical (unpaired) electrons. The molecule has 1 amide bonds. The van der Waals surface area contributed by atoms with Crippen LogP contribution in [-0.4, -0.2) is 24.2 Å². The van der Waals surface area contributed by atoms with E-state index in [4.69, 9.17) is 16.2 Å². The fraction of sp³-hybridized carbons (Fsp3) is 0.333. The minimum atomic E-state index is -0.507. The molecule has 6 heteroatoms. The molecule has 0 bridgehead atoms. The van der Waals surface area contributed by atoms with Gasteiger partial charge in [0.05, 0.1) is 12.4 Å². The molecule has 1 rings (SSSR count). The van der Waals surface area contributed by atoms with Crippen LogP contribution in [0.3, 0.4) is 0 Å². The van der Waals surface area contributed by atoms with E-state index in [1.54, 1.807) is 25.1 Å². The summed E-state index contributed by atoms with van der Waals surface area (Å²) >= 11 is 1.41.